The van der Waals surface area contributed by atoms with E-state index in [0.29, 0.717) is 0 Å². The first kappa shape index (κ1) is 10.6. The Morgan fingerprint density at radius 2 is 2.07 bits per heavy atom. The molecule has 0 unspecified atom stereocenters. The van der Waals surface area contributed by atoms with Crippen molar-refractivity contribution < 1.29 is 18.0 Å². The molecule has 0 saturated carbocycles. The lowest BCUT2D eigenvalue weighted by Crippen LogP contribution is -2.04. The van der Waals surface area contributed by atoms with E-state index >= 15 is 0 Å². The molecule has 5 heteroatoms. The van der Waals surface area contributed by atoms with Gasteiger partial charge in [0.1, 0.15) is 0 Å². The molecule has 14 heavy (non-hydrogen) atoms. The zero-order valence-corrected chi connectivity index (χ0v) is 7.38. The second-order valence-electron chi connectivity index (χ2n) is 2.48. The second kappa shape index (κ2) is 4.13. The highest BCUT2D eigenvalue weighted by Gasteiger charge is 2.30. The largest absolute Gasteiger partial charge is 0.416 e. The average molecular weight is 203 g/mol. The standard InChI is InChI=1S/C9H8F3NO/c1-2-13-14-8-5-3-4-7(6-8)9(10,11)12/h2-6H,1H3/b13-2+. The van der Waals surface area contributed by atoms with E-state index in [1.165, 1.54) is 18.3 Å². The predicted molar refractivity (Wildman–Crippen MR) is 46.2 cm³/mol. The normalized spacial score (nSPS) is 12.0. The fourth-order valence-corrected chi connectivity index (χ4v) is 0.843. The smallest absolute Gasteiger partial charge is 0.357 e. The molecule has 1 aromatic rings. The molecule has 0 saturated heterocycles. The van der Waals surface area contributed by atoms with Crippen molar-refractivity contribution in [3.05, 3.63) is 29.8 Å². The van der Waals surface area contributed by atoms with E-state index in [1.54, 1.807) is 6.92 Å². The number of hydrogen-bond acceptors (Lipinski definition) is 2. The minimum absolute atomic E-state index is 0.0675. The van der Waals surface area contributed by atoms with E-state index in [4.69, 9.17) is 0 Å². The van der Waals surface area contributed by atoms with Crippen LogP contribution < -0.4 is 4.84 Å². The van der Waals surface area contributed by atoms with Crippen LogP contribution in [0.1, 0.15) is 12.5 Å². The van der Waals surface area contributed by atoms with E-state index in [1.807, 2.05) is 0 Å². The van der Waals surface area contributed by atoms with Crippen molar-refractivity contribution in [3.8, 4) is 5.75 Å². The molecule has 0 radical (unpaired) electrons. The Bertz CT molecular complexity index is 333. The van der Waals surface area contributed by atoms with E-state index in [-0.39, 0.29) is 5.75 Å². The molecule has 0 heterocycles. The summed E-state index contributed by atoms with van der Waals surface area (Å²) in [6.45, 7) is 1.60. The third-order valence-electron chi connectivity index (χ3n) is 1.42. The molecule has 0 fully saturated rings. The molecule has 0 spiro atoms. The highest BCUT2D eigenvalue weighted by molar-refractivity contribution is 5.52. The van der Waals surface area contributed by atoms with Gasteiger partial charge in [-0.05, 0) is 25.1 Å². The highest BCUT2D eigenvalue weighted by Crippen LogP contribution is 2.31. The quantitative estimate of drug-likeness (QED) is 0.534. The minimum atomic E-state index is -4.35. The second-order valence-corrected chi connectivity index (χ2v) is 2.48. The molecule has 0 aliphatic carbocycles. The van der Waals surface area contributed by atoms with Gasteiger partial charge in [0.05, 0.1) is 5.56 Å². The van der Waals surface area contributed by atoms with Crippen LogP contribution in [0.4, 0.5) is 13.2 Å². The van der Waals surface area contributed by atoms with E-state index in [2.05, 4.69) is 9.99 Å². The number of halogens is 3. The minimum Gasteiger partial charge on any atom is -0.357 e. The zero-order chi connectivity index (χ0) is 10.6. The van der Waals surface area contributed by atoms with Crippen molar-refractivity contribution in [2.75, 3.05) is 0 Å². The summed E-state index contributed by atoms with van der Waals surface area (Å²) in [6, 6.07) is 4.54. The monoisotopic (exact) mass is 203 g/mol. The number of benzene rings is 1. The molecule has 0 aliphatic rings. The molecule has 0 aliphatic heterocycles. The van der Waals surface area contributed by atoms with Crippen molar-refractivity contribution in [3.63, 3.8) is 0 Å². The predicted octanol–water partition coefficient (Wildman–Crippen LogP) is 3.09. The first-order valence-corrected chi connectivity index (χ1v) is 3.86. The lowest BCUT2D eigenvalue weighted by molar-refractivity contribution is -0.137. The van der Waals surface area contributed by atoms with Crippen LogP contribution in [0.25, 0.3) is 0 Å². The maximum atomic E-state index is 12.2. The molecular formula is C9H8F3NO. The number of oxime groups is 1. The van der Waals surface area contributed by atoms with Gasteiger partial charge in [-0.3, -0.25) is 0 Å². The molecular weight excluding hydrogens is 195 g/mol. The van der Waals surface area contributed by atoms with Gasteiger partial charge in [0.25, 0.3) is 0 Å². The third-order valence-corrected chi connectivity index (χ3v) is 1.42. The molecule has 76 valence electrons. The SMILES string of the molecule is C/C=N/Oc1cccc(C(F)(F)F)c1. The van der Waals surface area contributed by atoms with Crippen LogP contribution in [0.5, 0.6) is 5.75 Å². The van der Waals surface area contributed by atoms with Gasteiger partial charge < -0.3 is 4.84 Å². The number of hydrogen-bond donors (Lipinski definition) is 0. The summed E-state index contributed by atoms with van der Waals surface area (Å²) >= 11 is 0. The van der Waals surface area contributed by atoms with E-state index < -0.39 is 11.7 Å². The van der Waals surface area contributed by atoms with Crippen LogP contribution in [-0.2, 0) is 6.18 Å². The first-order valence-electron chi connectivity index (χ1n) is 3.86. The topological polar surface area (TPSA) is 21.6 Å². The van der Waals surface area contributed by atoms with Crippen molar-refractivity contribution >= 4 is 6.21 Å². The summed E-state index contributed by atoms with van der Waals surface area (Å²) in [5.74, 6) is 0.0675. The Morgan fingerprint density at radius 3 is 2.64 bits per heavy atom. The van der Waals surface area contributed by atoms with Gasteiger partial charge in [-0.15, -0.1) is 0 Å². The summed E-state index contributed by atoms with van der Waals surface area (Å²) in [7, 11) is 0. The maximum absolute atomic E-state index is 12.2. The van der Waals surface area contributed by atoms with Gasteiger partial charge >= 0.3 is 6.18 Å². The van der Waals surface area contributed by atoms with E-state index in [9.17, 15) is 13.2 Å². The molecule has 0 aromatic heterocycles. The fraction of sp³-hybridized carbons (Fsp3) is 0.222. The van der Waals surface area contributed by atoms with Crippen molar-refractivity contribution in [1.82, 2.24) is 0 Å². The molecule has 0 amide bonds. The molecule has 0 N–H and O–H groups in total. The maximum Gasteiger partial charge on any atom is 0.416 e. The Balaban J connectivity index is 2.90. The molecule has 1 aromatic carbocycles. The Labute approximate surface area is 79.0 Å². The summed E-state index contributed by atoms with van der Waals surface area (Å²) in [4.78, 5) is 4.66. The van der Waals surface area contributed by atoms with Crippen LogP contribution in [0.15, 0.2) is 29.4 Å². The Kier molecular flexibility index (Phi) is 3.11. The Morgan fingerprint density at radius 1 is 1.36 bits per heavy atom. The lowest BCUT2D eigenvalue weighted by atomic mass is 10.2. The summed E-state index contributed by atoms with van der Waals surface area (Å²) in [5.41, 5.74) is -0.749. The van der Waals surface area contributed by atoms with Crippen LogP contribution in [0.2, 0.25) is 0 Å². The summed E-state index contributed by atoms with van der Waals surface area (Å²) < 4.78 is 36.6. The molecule has 0 bridgehead atoms. The molecule has 0 atom stereocenters. The highest BCUT2D eigenvalue weighted by atomic mass is 19.4. The first-order chi connectivity index (χ1) is 6.54. The van der Waals surface area contributed by atoms with Crippen LogP contribution in [0, 0.1) is 0 Å². The van der Waals surface area contributed by atoms with Crippen LogP contribution in [-0.4, -0.2) is 6.21 Å². The summed E-state index contributed by atoms with van der Waals surface area (Å²) in [6.07, 6.45) is -3.00. The molecule has 1 rings (SSSR count). The van der Waals surface area contributed by atoms with Gasteiger partial charge in [-0.25, -0.2) is 0 Å². The number of nitrogens with zero attached hydrogens (tertiary/aromatic N) is 1. The van der Waals surface area contributed by atoms with Gasteiger partial charge in [0.2, 0.25) is 0 Å². The van der Waals surface area contributed by atoms with Crippen LogP contribution in [0.3, 0.4) is 0 Å². The van der Waals surface area contributed by atoms with Crippen molar-refractivity contribution in [1.29, 1.82) is 0 Å². The van der Waals surface area contributed by atoms with Crippen molar-refractivity contribution in [2.24, 2.45) is 5.16 Å². The Hall–Kier alpha value is -1.52. The van der Waals surface area contributed by atoms with Gasteiger partial charge in [-0.2, -0.15) is 13.2 Å². The lowest BCUT2D eigenvalue weighted by Gasteiger charge is -2.06. The number of rotatable bonds is 2. The zero-order valence-electron chi connectivity index (χ0n) is 7.38. The third kappa shape index (κ3) is 2.76. The van der Waals surface area contributed by atoms with Gasteiger partial charge in [0.15, 0.2) is 5.75 Å². The average Bonchev–Trinajstić information content (AvgIpc) is 2.14. The fourth-order valence-electron chi connectivity index (χ4n) is 0.843. The summed E-state index contributed by atoms with van der Waals surface area (Å²) in [5, 5.41) is 3.37. The van der Waals surface area contributed by atoms with Crippen molar-refractivity contribution in [2.45, 2.75) is 13.1 Å². The van der Waals surface area contributed by atoms with E-state index in [0.717, 1.165) is 12.1 Å². The molecule has 2 nitrogen and oxygen atoms in total. The number of alkyl halides is 3. The van der Waals surface area contributed by atoms with Gasteiger partial charge in [-0.1, -0.05) is 11.2 Å². The van der Waals surface area contributed by atoms with Crippen LogP contribution >= 0.6 is 0 Å². The van der Waals surface area contributed by atoms with Gasteiger partial charge in [0, 0.05) is 6.21 Å².